The van der Waals surface area contributed by atoms with Crippen molar-refractivity contribution in [3.05, 3.63) is 41.2 Å². The van der Waals surface area contributed by atoms with Gasteiger partial charge in [0.1, 0.15) is 16.6 Å². The molecule has 0 aliphatic rings. The van der Waals surface area contributed by atoms with Crippen molar-refractivity contribution in [2.45, 2.75) is 6.04 Å². The Morgan fingerprint density at radius 2 is 2.14 bits per heavy atom. The van der Waals surface area contributed by atoms with Crippen LogP contribution in [0.4, 0.5) is 4.39 Å². The number of nitrogens with two attached hydrogens (primary N) is 1. The van der Waals surface area contributed by atoms with Crippen LogP contribution in [0, 0.1) is 5.82 Å². The summed E-state index contributed by atoms with van der Waals surface area (Å²) in [5, 5.41) is 9.07. The minimum atomic E-state index is -0.667. The fourth-order valence-electron chi connectivity index (χ4n) is 0.951. The third-order valence-corrected chi connectivity index (χ3v) is 2.07. The van der Waals surface area contributed by atoms with Crippen molar-refractivity contribution in [3.63, 3.8) is 0 Å². The monoisotopic (exact) mass is 237 g/mol. The van der Waals surface area contributed by atoms with E-state index in [1.807, 2.05) is 0 Å². The molecule has 5 heteroatoms. The van der Waals surface area contributed by atoms with Gasteiger partial charge in [-0.1, -0.05) is 23.7 Å². The van der Waals surface area contributed by atoms with E-state index in [1.165, 1.54) is 12.1 Å². The zero-order chi connectivity index (χ0) is 10.0. The summed E-state index contributed by atoms with van der Waals surface area (Å²) in [5.41, 5.74) is 5.92. The molecule has 0 heterocycles. The molecule has 0 aromatic heterocycles. The van der Waals surface area contributed by atoms with Crippen LogP contribution in [-0.2, 0) is 0 Å². The maximum Gasteiger partial charge on any atom is 0.145 e. The molecule has 1 aromatic rings. The van der Waals surface area contributed by atoms with Crippen LogP contribution in [0.5, 0.6) is 5.75 Å². The number of hydrogen-bond acceptors (Lipinski definition) is 2. The summed E-state index contributed by atoms with van der Waals surface area (Å²) in [4.78, 5) is 0. The number of benzene rings is 1. The zero-order valence-corrected chi connectivity index (χ0v) is 8.78. The molecule has 0 amide bonds. The van der Waals surface area contributed by atoms with Gasteiger partial charge < -0.3 is 10.8 Å². The highest BCUT2D eigenvalue weighted by molar-refractivity contribution is 6.32. The van der Waals surface area contributed by atoms with E-state index in [-0.39, 0.29) is 23.2 Å². The summed E-state index contributed by atoms with van der Waals surface area (Å²) in [7, 11) is 0. The number of rotatable bonds is 2. The van der Waals surface area contributed by atoms with Crippen LogP contribution in [0.2, 0.25) is 5.02 Å². The molecule has 0 spiro atoms. The summed E-state index contributed by atoms with van der Waals surface area (Å²) in [6.07, 6.45) is 1.43. The van der Waals surface area contributed by atoms with E-state index >= 15 is 0 Å². The second kappa shape index (κ2) is 5.20. The Morgan fingerprint density at radius 3 is 2.64 bits per heavy atom. The molecule has 3 N–H and O–H groups in total. The number of hydrogen-bond donors (Lipinski definition) is 2. The van der Waals surface area contributed by atoms with E-state index in [9.17, 15) is 9.50 Å². The minimum absolute atomic E-state index is 0. The second-order valence-corrected chi connectivity index (χ2v) is 2.94. The van der Waals surface area contributed by atoms with E-state index < -0.39 is 11.9 Å². The van der Waals surface area contributed by atoms with Gasteiger partial charge in [0.2, 0.25) is 0 Å². The third-order valence-electron chi connectivity index (χ3n) is 1.71. The van der Waals surface area contributed by atoms with Crippen molar-refractivity contribution in [1.29, 1.82) is 0 Å². The molecular formula is C9H10Cl2FNO. The number of aromatic hydroxyl groups is 1. The molecule has 1 atom stereocenters. The molecule has 0 aliphatic carbocycles. The Balaban J connectivity index is 0.00000169. The highest BCUT2D eigenvalue weighted by atomic mass is 35.5. The first-order chi connectivity index (χ1) is 6.07. The molecule has 0 radical (unpaired) electrons. The van der Waals surface area contributed by atoms with Crippen molar-refractivity contribution < 1.29 is 9.50 Å². The van der Waals surface area contributed by atoms with Crippen LogP contribution in [0.15, 0.2) is 24.8 Å². The van der Waals surface area contributed by atoms with Gasteiger partial charge in [0.15, 0.2) is 0 Å². The van der Waals surface area contributed by atoms with Gasteiger partial charge in [0.25, 0.3) is 0 Å². The van der Waals surface area contributed by atoms with Crippen LogP contribution in [-0.4, -0.2) is 5.11 Å². The molecule has 14 heavy (non-hydrogen) atoms. The molecule has 78 valence electrons. The van der Waals surface area contributed by atoms with Crippen molar-refractivity contribution in [1.82, 2.24) is 0 Å². The highest BCUT2D eigenvalue weighted by Crippen LogP contribution is 2.32. The first-order valence-corrected chi connectivity index (χ1v) is 4.00. The van der Waals surface area contributed by atoms with Crippen molar-refractivity contribution in [2.24, 2.45) is 5.73 Å². The Morgan fingerprint density at radius 1 is 1.57 bits per heavy atom. The maximum absolute atomic E-state index is 12.8. The molecule has 2 nitrogen and oxygen atoms in total. The molecule has 0 aliphatic heterocycles. The van der Waals surface area contributed by atoms with Gasteiger partial charge in [-0.2, -0.15) is 0 Å². The van der Waals surface area contributed by atoms with E-state index in [1.54, 1.807) is 0 Å². The molecule has 0 saturated heterocycles. The van der Waals surface area contributed by atoms with E-state index in [0.717, 1.165) is 6.07 Å². The molecule has 0 unspecified atom stereocenters. The topological polar surface area (TPSA) is 46.2 Å². The number of phenolic OH excluding ortho intramolecular Hbond substituents is 1. The lowest BCUT2D eigenvalue weighted by Gasteiger charge is -2.10. The molecule has 0 bridgehead atoms. The largest absolute Gasteiger partial charge is 0.506 e. The summed E-state index contributed by atoms with van der Waals surface area (Å²) >= 11 is 5.47. The fourth-order valence-corrected chi connectivity index (χ4v) is 1.12. The smallest absolute Gasteiger partial charge is 0.145 e. The van der Waals surface area contributed by atoms with Crippen LogP contribution in [0.25, 0.3) is 0 Å². The second-order valence-electron chi connectivity index (χ2n) is 2.56. The standard InChI is InChI=1S/C9H9ClFNO.ClH/c1-2-7(12)5-3-4-6(11)8(10)9(5)13;/h2-4,7,13H,1,12H2;1H/t7-;/m1./s1. The predicted octanol–water partition coefficient (Wildman–Crippen LogP) is 2.79. The Bertz CT molecular complexity index is 344. The molecule has 1 aromatic carbocycles. The quantitative estimate of drug-likeness (QED) is 0.778. The molecule has 0 fully saturated rings. The third kappa shape index (κ3) is 2.38. The Hall–Kier alpha value is -0.770. The Kier molecular flexibility index (Phi) is 4.91. The summed E-state index contributed by atoms with van der Waals surface area (Å²) in [6, 6.07) is 1.99. The normalized spacial score (nSPS) is 11.6. The minimum Gasteiger partial charge on any atom is -0.506 e. The summed E-state index contributed by atoms with van der Waals surface area (Å²) in [6.45, 7) is 3.46. The van der Waals surface area contributed by atoms with Crippen molar-refractivity contribution in [3.8, 4) is 5.75 Å². The van der Waals surface area contributed by atoms with Crippen LogP contribution in [0.1, 0.15) is 11.6 Å². The number of halogens is 3. The van der Waals surface area contributed by atoms with Gasteiger partial charge in [0, 0.05) is 5.56 Å². The SMILES string of the molecule is C=C[C@@H](N)c1ccc(F)c(Cl)c1O.Cl. The zero-order valence-electron chi connectivity index (χ0n) is 7.21. The molecule has 1 rings (SSSR count). The van der Waals surface area contributed by atoms with Crippen molar-refractivity contribution >= 4 is 24.0 Å². The van der Waals surface area contributed by atoms with Gasteiger partial charge in [-0.15, -0.1) is 19.0 Å². The predicted molar refractivity (Wildman–Crippen MR) is 57.4 cm³/mol. The average molecular weight is 238 g/mol. The van der Waals surface area contributed by atoms with Gasteiger partial charge in [0.05, 0.1) is 6.04 Å². The summed E-state index contributed by atoms with van der Waals surface area (Å²) in [5.74, 6) is -0.992. The van der Waals surface area contributed by atoms with Gasteiger partial charge >= 0.3 is 0 Å². The van der Waals surface area contributed by atoms with Crippen molar-refractivity contribution in [2.75, 3.05) is 0 Å². The molecule has 0 saturated carbocycles. The lowest BCUT2D eigenvalue weighted by atomic mass is 10.1. The van der Waals surface area contributed by atoms with Gasteiger partial charge in [-0.3, -0.25) is 0 Å². The lowest BCUT2D eigenvalue weighted by Crippen LogP contribution is -2.06. The van der Waals surface area contributed by atoms with E-state index in [2.05, 4.69) is 6.58 Å². The fraction of sp³-hybridized carbons (Fsp3) is 0.111. The van der Waals surface area contributed by atoms with Gasteiger partial charge in [-0.05, 0) is 6.07 Å². The van der Waals surface area contributed by atoms with Crippen LogP contribution in [0.3, 0.4) is 0 Å². The summed E-state index contributed by atoms with van der Waals surface area (Å²) < 4.78 is 12.8. The Labute approximate surface area is 92.6 Å². The molecular weight excluding hydrogens is 228 g/mol. The number of phenols is 1. The van der Waals surface area contributed by atoms with Gasteiger partial charge in [-0.25, -0.2) is 4.39 Å². The average Bonchev–Trinajstić information content (AvgIpc) is 2.13. The lowest BCUT2D eigenvalue weighted by molar-refractivity contribution is 0.460. The van der Waals surface area contributed by atoms with E-state index in [4.69, 9.17) is 17.3 Å². The van der Waals surface area contributed by atoms with E-state index in [0.29, 0.717) is 5.56 Å². The van der Waals surface area contributed by atoms with Crippen LogP contribution < -0.4 is 5.73 Å². The maximum atomic E-state index is 12.8. The highest BCUT2D eigenvalue weighted by Gasteiger charge is 2.13. The first-order valence-electron chi connectivity index (χ1n) is 3.63. The van der Waals surface area contributed by atoms with Crippen LogP contribution >= 0.6 is 24.0 Å². The first kappa shape index (κ1) is 13.2.